The molecule has 4 heteroatoms. The Bertz CT molecular complexity index is 502. The fraction of sp³-hybridized carbons (Fsp3) is 0.357. The van der Waals surface area contributed by atoms with Crippen LogP contribution >= 0.6 is 0 Å². The van der Waals surface area contributed by atoms with E-state index in [9.17, 15) is 0 Å². The molecule has 0 saturated carbocycles. The molecule has 1 heterocycles. The standard InChI is InChI=1S/C14H19N3O/c1-11-10-12(2)17(16-11)8-3-9-18-14-6-4-13(15)5-7-14/h4-7,10H,3,8-9,15H2,1-2H3. The zero-order chi connectivity index (χ0) is 13.0. The quantitative estimate of drug-likeness (QED) is 0.650. The van der Waals surface area contributed by atoms with Crippen LogP contribution in [0, 0.1) is 13.8 Å². The molecule has 4 nitrogen and oxygen atoms in total. The van der Waals surface area contributed by atoms with Crippen LogP contribution in [0.25, 0.3) is 0 Å². The van der Waals surface area contributed by atoms with Crippen LogP contribution in [-0.2, 0) is 6.54 Å². The first-order valence-corrected chi connectivity index (χ1v) is 6.14. The molecule has 0 aliphatic heterocycles. The fourth-order valence-corrected chi connectivity index (χ4v) is 1.87. The van der Waals surface area contributed by atoms with E-state index >= 15 is 0 Å². The van der Waals surface area contributed by atoms with Crippen LogP contribution in [0.3, 0.4) is 0 Å². The highest BCUT2D eigenvalue weighted by atomic mass is 16.5. The third-order valence-corrected chi connectivity index (χ3v) is 2.77. The van der Waals surface area contributed by atoms with Crippen LogP contribution in [0.2, 0.25) is 0 Å². The molecule has 2 N–H and O–H groups in total. The number of nitrogens with zero attached hydrogens (tertiary/aromatic N) is 2. The summed E-state index contributed by atoms with van der Waals surface area (Å²) >= 11 is 0. The molecule has 0 bridgehead atoms. The van der Waals surface area contributed by atoms with E-state index in [4.69, 9.17) is 10.5 Å². The maximum Gasteiger partial charge on any atom is 0.119 e. The minimum absolute atomic E-state index is 0.683. The lowest BCUT2D eigenvalue weighted by atomic mass is 10.3. The van der Waals surface area contributed by atoms with Crippen molar-refractivity contribution in [3.8, 4) is 5.75 Å². The van der Waals surface area contributed by atoms with Crippen molar-refractivity contribution in [2.45, 2.75) is 26.8 Å². The van der Waals surface area contributed by atoms with Crippen LogP contribution in [-0.4, -0.2) is 16.4 Å². The Kier molecular flexibility index (Phi) is 3.87. The number of hydrogen-bond acceptors (Lipinski definition) is 3. The number of rotatable bonds is 5. The number of nitrogens with two attached hydrogens (primary N) is 1. The van der Waals surface area contributed by atoms with E-state index in [0.717, 1.165) is 30.1 Å². The van der Waals surface area contributed by atoms with Gasteiger partial charge in [-0.15, -0.1) is 0 Å². The van der Waals surface area contributed by atoms with Crippen molar-refractivity contribution in [1.82, 2.24) is 9.78 Å². The normalized spacial score (nSPS) is 10.6. The van der Waals surface area contributed by atoms with Crippen LogP contribution in [0.15, 0.2) is 30.3 Å². The van der Waals surface area contributed by atoms with Gasteiger partial charge < -0.3 is 10.5 Å². The third-order valence-electron chi connectivity index (χ3n) is 2.77. The van der Waals surface area contributed by atoms with Gasteiger partial charge in [-0.25, -0.2) is 0 Å². The molecule has 1 aromatic carbocycles. The number of ether oxygens (including phenoxy) is 1. The van der Waals surface area contributed by atoms with Crippen LogP contribution in [0.4, 0.5) is 5.69 Å². The molecule has 2 rings (SSSR count). The molecule has 0 unspecified atom stereocenters. The topological polar surface area (TPSA) is 53.1 Å². The maximum atomic E-state index is 5.63. The van der Waals surface area contributed by atoms with Gasteiger partial charge in [-0.2, -0.15) is 5.10 Å². The summed E-state index contributed by atoms with van der Waals surface area (Å²) < 4.78 is 7.65. The van der Waals surface area contributed by atoms with Gasteiger partial charge in [0.1, 0.15) is 5.75 Å². The summed E-state index contributed by atoms with van der Waals surface area (Å²) in [7, 11) is 0. The zero-order valence-electron chi connectivity index (χ0n) is 10.9. The molecule has 96 valence electrons. The van der Waals surface area contributed by atoms with Gasteiger partial charge in [0.25, 0.3) is 0 Å². The summed E-state index contributed by atoms with van der Waals surface area (Å²) in [6.07, 6.45) is 0.937. The number of anilines is 1. The molecule has 0 saturated heterocycles. The second-order valence-corrected chi connectivity index (χ2v) is 4.42. The number of aromatic nitrogens is 2. The van der Waals surface area contributed by atoms with Crippen molar-refractivity contribution in [1.29, 1.82) is 0 Å². The van der Waals surface area contributed by atoms with Crippen molar-refractivity contribution in [3.63, 3.8) is 0 Å². The van der Waals surface area contributed by atoms with Crippen LogP contribution in [0.5, 0.6) is 5.75 Å². The van der Waals surface area contributed by atoms with Crippen molar-refractivity contribution in [2.24, 2.45) is 0 Å². The van der Waals surface area contributed by atoms with E-state index in [1.54, 1.807) is 0 Å². The second-order valence-electron chi connectivity index (χ2n) is 4.42. The Labute approximate surface area is 107 Å². The minimum atomic E-state index is 0.683. The molecular weight excluding hydrogens is 226 g/mol. The first-order valence-electron chi connectivity index (χ1n) is 6.14. The lowest BCUT2D eigenvalue weighted by molar-refractivity contribution is 0.298. The Morgan fingerprint density at radius 1 is 1.22 bits per heavy atom. The number of nitrogen functional groups attached to an aromatic ring is 1. The summed E-state index contributed by atoms with van der Waals surface area (Å²) in [6.45, 7) is 5.64. The van der Waals surface area contributed by atoms with Crippen molar-refractivity contribution < 1.29 is 4.74 Å². The molecular formula is C14H19N3O. The maximum absolute atomic E-state index is 5.63. The summed E-state index contributed by atoms with van der Waals surface area (Å²) in [5, 5.41) is 4.41. The van der Waals surface area contributed by atoms with E-state index in [-0.39, 0.29) is 0 Å². The molecule has 0 fully saturated rings. The molecule has 0 aliphatic carbocycles. The van der Waals surface area contributed by atoms with E-state index in [1.807, 2.05) is 35.9 Å². The van der Waals surface area contributed by atoms with E-state index in [0.29, 0.717) is 6.61 Å². The fourth-order valence-electron chi connectivity index (χ4n) is 1.87. The lowest BCUT2D eigenvalue weighted by Gasteiger charge is -2.07. The summed E-state index contributed by atoms with van der Waals surface area (Å²) in [4.78, 5) is 0. The first-order chi connectivity index (χ1) is 8.65. The highest BCUT2D eigenvalue weighted by molar-refractivity contribution is 5.41. The lowest BCUT2D eigenvalue weighted by Crippen LogP contribution is -2.07. The van der Waals surface area contributed by atoms with E-state index in [2.05, 4.69) is 18.1 Å². The monoisotopic (exact) mass is 245 g/mol. The van der Waals surface area contributed by atoms with Gasteiger partial charge in [-0.1, -0.05) is 0 Å². The molecule has 1 aromatic heterocycles. The van der Waals surface area contributed by atoms with Gasteiger partial charge in [0.2, 0.25) is 0 Å². The minimum Gasteiger partial charge on any atom is -0.494 e. The second kappa shape index (κ2) is 5.58. The average molecular weight is 245 g/mol. The summed E-state index contributed by atoms with van der Waals surface area (Å²) in [5.41, 5.74) is 8.62. The Hall–Kier alpha value is -1.97. The van der Waals surface area contributed by atoms with Crippen molar-refractivity contribution in [2.75, 3.05) is 12.3 Å². The van der Waals surface area contributed by atoms with Crippen molar-refractivity contribution in [3.05, 3.63) is 41.7 Å². The van der Waals surface area contributed by atoms with Gasteiger partial charge in [0.05, 0.1) is 12.3 Å². The number of hydrogen-bond donors (Lipinski definition) is 1. The molecule has 18 heavy (non-hydrogen) atoms. The first kappa shape index (κ1) is 12.5. The van der Waals surface area contributed by atoms with Crippen molar-refractivity contribution >= 4 is 5.69 Å². The van der Waals surface area contributed by atoms with Gasteiger partial charge in [-0.05, 0) is 44.2 Å². The van der Waals surface area contributed by atoms with Crippen LogP contribution < -0.4 is 10.5 Å². The average Bonchev–Trinajstić information content (AvgIpc) is 2.66. The van der Waals surface area contributed by atoms with Gasteiger partial charge >= 0.3 is 0 Å². The predicted molar refractivity (Wildman–Crippen MR) is 72.7 cm³/mol. The van der Waals surface area contributed by atoms with Crippen LogP contribution in [0.1, 0.15) is 17.8 Å². The van der Waals surface area contributed by atoms with Gasteiger partial charge in [0, 0.05) is 24.3 Å². The SMILES string of the molecule is Cc1cc(C)n(CCCOc2ccc(N)cc2)n1. The molecule has 2 aromatic rings. The highest BCUT2D eigenvalue weighted by Crippen LogP contribution is 2.13. The zero-order valence-corrected chi connectivity index (χ0v) is 10.9. The molecule has 0 spiro atoms. The number of aryl methyl sites for hydroxylation is 3. The van der Waals surface area contributed by atoms with Gasteiger partial charge in [0.15, 0.2) is 0 Å². The summed E-state index contributed by atoms with van der Waals surface area (Å²) in [6, 6.07) is 9.55. The number of benzene rings is 1. The highest BCUT2D eigenvalue weighted by Gasteiger charge is 2.00. The largest absolute Gasteiger partial charge is 0.494 e. The van der Waals surface area contributed by atoms with E-state index in [1.165, 1.54) is 5.69 Å². The predicted octanol–water partition coefficient (Wildman–Crippen LogP) is 2.55. The Morgan fingerprint density at radius 2 is 1.94 bits per heavy atom. The van der Waals surface area contributed by atoms with E-state index < -0.39 is 0 Å². The summed E-state index contributed by atoms with van der Waals surface area (Å²) in [5.74, 6) is 0.859. The Balaban J connectivity index is 1.76. The van der Waals surface area contributed by atoms with Gasteiger partial charge in [-0.3, -0.25) is 4.68 Å². The third kappa shape index (κ3) is 3.26. The molecule has 0 amide bonds. The smallest absolute Gasteiger partial charge is 0.119 e. The molecule has 0 radical (unpaired) electrons. The molecule has 0 atom stereocenters. The molecule has 0 aliphatic rings. The Morgan fingerprint density at radius 3 is 2.56 bits per heavy atom.